The van der Waals surface area contributed by atoms with Crippen molar-refractivity contribution < 1.29 is 33.6 Å². The first-order chi connectivity index (χ1) is 17.0. The third-order valence-corrected chi connectivity index (χ3v) is 5.93. The lowest BCUT2D eigenvalue weighted by molar-refractivity contribution is -0.138. The molecule has 3 rings (SSSR count). The fourth-order valence-corrected chi connectivity index (χ4v) is 4.15. The Morgan fingerprint density at radius 2 is 1.75 bits per heavy atom. The Kier molecular flexibility index (Phi) is 9.17. The molecule has 7 nitrogen and oxygen atoms in total. The minimum Gasteiger partial charge on any atom is -0.494 e. The van der Waals surface area contributed by atoms with Crippen LogP contribution in [0.25, 0.3) is 0 Å². The quantitative estimate of drug-likeness (QED) is 0.287. The maximum Gasteiger partial charge on any atom is 0.305 e. The molecule has 1 heterocycles. The van der Waals surface area contributed by atoms with Crippen LogP contribution in [0.2, 0.25) is 5.02 Å². The van der Waals surface area contributed by atoms with Gasteiger partial charge in [0.2, 0.25) is 0 Å². The van der Waals surface area contributed by atoms with Crippen LogP contribution in [-0.4, -0.2) is 43.9 Å². The van der Waals surface area contributed by atoms with Crippen LogP contribution in [0.5, 0.6) is 17.5 Å². The normalized spacial score (nSPS) is 12.3. The van der Waals surface area contributed by atoms with Gasteiger partial charge in [-0.15, -0.1) is 0 Å². The number of aliphatic carboxylic acids is 1. The van der Waals surface area contributed by atoms with Gasteiger partial charge in [-0.1, -0.05) is 37.6 Å². The summed E-state index contributed by atoms with van der Waals surface area (Å²) in [5, 5.41) is 28.8. The first-order valence-corrected chi connectivity index (χ1v) is 11.8. The summed E-state index contributed by atoms with van der Waals surface area (Å²) in [6.45, 7) is 4.79. The number of hydrogen-bond donors (Lipinski definition) is 3. The van der Waals surface area contributed by atoms with Gasteiger partial charge in [-0.3, -0.25) is 14.3 Å². The van der Waals surface area contributed by atoms with Crippen LogP contribution in [0.1, 0.15) is 37.4 Å². The average molecular weight is 523 g/mol. The molecule has 3 aromatic rings. The third-order valence-electron chi connectivity index (χ3n) is 5.63. The van der Waals surface area contributed by atoms with E-state index in [9.17, 15) is 28.9 Å². The average Bonchev–Trinajstić information content (AvgIpc) is 3.12. The molecule has 1 aromatic heterocycles. The molecule has 0 bridgehead atoms. The Morgan fingerprint density at radius 1 is 1.06 bits per heavy atom. The lowest BCUT2D eigenvalue weighted by atomic mass is 9.99. The van der Waals surface area contributed by atoms with E-state index in [0.717, 1.165) is 0 Å². The van der Waals surface area contributed by atoms with Crippen molar-refractivity contribution in [3.8, 4) is 17.5 Å². The predicted molar refractivity (Wildman–Crippen MR) is 131 cm³/mol. The summed E-state index contributed by atoms with van der Waals surface area (Å²) in [5.74, 6) is -2.39. The van der Waals surface area contributed by atoms with E-state index in [1.165, 1.54) is 41.0 Å². The van der Waals surface area contributed by atoms with Crippen LogP contribution in [0, 0.1) is 17.6 Å². The van der Waals surface area contributed by atoms with Gasteiger partial charge in [-0.05, 0) is 41.3 Å². The largest absolute Gasteiger partial charge is 0.494 e. The van der Waals surface area contributed by atoms with Crippen molar-refractivity contribution in [1.82, 2.24) is 9.47 Å². The lowest BCUT2D eigenvalue weighted by Gasteiger charge is -2.33. The van der Waals surface area contributed by atoms with E-state index < -0.39 is 23.6 Å². The van der Waals surface area contributed by atoms with Crippen molar-refractivity contribution in [2.45, 2.75) is 39.4 Å². The first kappa shape index (κ1) is 27.3. The maximum absolute atomic E-state index is 14.8. The summed E-state index contributed by atoms with van der Waals surface area (Å²) >= 11 is 5.81. The zero-order valence-corrected chi connectivity index (χ0v) is 20.8. The maximum atomic E-state index is 14.8. The molecule has 0 radical (unpaired) electrons. The van der Waals surface area contributed by atoms with Gasteiger partial charge in [0.1, 0.15) is 12.4 Å². The second kappa shape index (κ2) is 12.1. The minimum absolute atomic E-state index is 0.00199. The smallest absolute Gasteiger partial charge is 0.305 e. The van der Waals surface area contributed by atoms with E-state index in [1.807, 2.05) is 18.7 Å². The molecule has 1 atom stereocenters. The summed E-state index contributed by atoms with van der Waals surface area (Å²) in [4.78, 5) is 13.5. The van der Waals surface area contributed by atoms with Gasteiger partial charge in [0, 0.05) is 31.3 Å². The molecule has 0 aliphatic heterocycles. The molecule has 36 heavy (non-hydrogen) atoms. The number of carboxylic acid groups (broad SMARTS) is 1. The molecule has 0 unspecified atom stereocenters. The van der Waals surface area contributed by atoms with E-state index >= 15 is 0 Å². The second-order valence-electron chi connectivity index (χ2n) is 8.93. The fraction of sp³-hybridized carbons (Fsp3) is 0.346. The number of benzene rings is 2. The zero-order valence-electron chi connectivity index (χ0n) is 20.0. The monoisotopic (exact) mass is 522 g/mol. The highest BCUT2D eigenvalue weighted by Gasteiger charge is 2.25. The number of halogens is 3. The number of carboxylic acids is 1. The first-order valence-electron chi connectivity index (χ1n) is 11.4. The van der Waals surface area contributed by atoms with E-state index in [1.54, 1.807) is 12.1 Å². The van der Waals surface area contributed by atoms with Gasteiger partial charge in [0.25, 0.3) is 0 Å². The number of carbonyl (C=O) groups is 1. The number of ether oxygens (including phenoxy) is 1. The Labute approximate surface area is 213 Å². The van der Waals surface area contributed by atoms with Crippen LogP contribution >= 0.6 is 11.6 Å². The lowest BCUT2D eigenvalue weighted by Crippen LogP contribution is -2.33. The third kappa shape index (κ3) is 7.11. The topological polar surface area (TPSA) is 95.2 Å². The molecule has 0 saturated heterocycles. The number of aromatic hydroxyl groups is 2. The van der Waals surface area contributed by atoms with Crippen LogP contribution in [-0.2, 0) is 17.9 Å². The Bertz CT molecular complexity index is 1180. The van der Waals surface area contributed by atoms with Gasteiger partial charge < -0.3 is 20.1 Å². The van der Waals surface area contributed by atoms with Gasteiger partial charge in [0.15, 0.2) is 23.3 Å². The summed E-state index contributed by atoms with van der Waals surface area (Å²) < 4.78 is 35.7. The minimum atomic E-state index is -1.04. The van der Waals surface area contributed by atoms with Crippen LogP contribution in [0.15, 0.2) is 48.5 Å². The van der Waals surface area contributed by atoms with E-state index in [4.69, 9.17) is 16.3 Å². The van der Waals surface area contributed by atoms with Crippen molar-refractivity contribution in [2.24, 2.45) is 5.92 Å². The van der Waals surface area contributed by atoms with E-state index in [0.29, 0.717) is 17.7 Å². The molecule has 0 aliphatic carbocycles. The van der Waals surface area contributed by atoms with Gasteiger partial charge in [-0.2, -0.15) is 0 Å². The van der Waals surface area contributed by atoms with Crippen molar-refractivity contribution in [3.05, 3.63) is 76.3 Å². The Hall–Kier alpha value is -3.30. The highest BCUT2D eigenvalue weighted by atomic mass is 35.5. The molecular formula is C26H29ClF2N2O5. The highest BCUT2D eigenvalue weighted by molar-refractivity contribution is 6.30. The Balaban J connectivity index is 1.78. The SMILES string of the molecule is CC(C)CN(Cc1ccc(OCCn2c(O)ccc2O)c(F)c1)[C@H](CC(=O)O)c1ccc(Cl)c(F)c1. The van der Waals surface area contributed by atoms with Gasteiger partial charge in [0.05, 0.1) is 18.0 Å². The standard InChI is InChI=1S/C26H29ClF2N2O5/c1-16(2)14-30(22(13-26(34)35)18-4-5-19(27)20(28)12-18)15-17-3-6-23(21(29)11-17)36-10-9-31-24(32)7-8-25(31)33/h3-8,11-12,16,22,32-33H,9-10,13-15H2,1-2H3,(H,34,35)/t22-/m1/s1. The molecular weight excluding hydrogens is 494 g/mol. The summed E-state index contributed by atoms with van der Waals surface area (Å²) in [6, 6.07) is 10.7. The van der Waals surface area contributed by atoms with Crippen LogP contribution in [0.3, 0.4) is 0 Å². The second-order valence-corrected chi connectivity index (χ2v) is 9.33. The van der Waals surface area contributed by atoms with Crippen LogP contribution in [0.4, 0.5) is 8.78 Å². The molecule has 0 fully saturated rings. The van der Waals surface area contributed by atoms with E-state index in [2.05, 4.69) is 0 Å². The van der Waals surface area contributed by atoms with Crippen LogP contribution < -0.4 is 4.74 Å². The molecule has 0 spiro atoms. The summed E-state index contributed by atoms with van der Waals surface area (Å²) in [7, 11) is 0. The molecule has 2 aromatic carbocycles. The zero-order chi connectivity index (χ0) is 26.4. The number of rotatable bonds is 12. The molecule has 3 N–H and O–H groups in total. The molecule has 10 heteroatoms. The van der Waals surface area contributed by atoms with Gasteiger partial charge >= 0.3 is 5.97 Å². The molecule has 0 amide bonds. The Morgan fingerprint density at radius 3 is 2.33 bits per heavy atom. The summed E-state index contributed by atoms with van der Waals surface area (Å²) in [5.41, 5.74) is 1.06. The van der Waals surface area contributed by atoms with Crippen molar-refractivity contribution >= 4 is 17.6 Å². The molecule has 0 saturated carbocycles. The fourth-order valence-electron chi connectivity index (χ4n) is 4.03. The van der Waals surface area contributed by atoms with Gasteiger partial charge in [-0.25, -0.2) is 8.78 Å². The van der Waals surface area contributed by atoms with Crippen molar-refractivity contribution in [2.75, 3.05) is 13.2 Å². The number of aromatic nitrogens is 1. The van der Waals surface area contributed by atoms with E-state index in [-0.39, 0.29) is 54.6 Å². The van der Waals surface area contributed by atoms with Crippen molar-refractivity contribution in [3.63, 3.8) is 0 Å². The summed E-state index contributed by atoms with van der Waals surface area (Å²) in [6.07, 6.45) is -0.267. The number of nitrogens with zero attached hydrogens (tertiary/aromatic N) is 2. The van der Waals surface area contributed by atoms with Crippen molar-refractivity contribution in [1.29, 1.82) is 0 Å². The highest BCUT2D eigenvalue weighted by Crippen LogP contribution is 2.31. The molecule has 0 aliphatic rings. The molecule has 194 valence electrons. The predicted octanol–water partition coefficient (Wildman–Crippen LogP) is 5.58. The number of hydrogen-bond acceptors (Lipinski definition) is 5.